The van der Waals surface area contributed by atoms with Gasteiger partial charge in [0.25, 0.3) is 5.91 Å². The standard InChI is InChI=1S/C21H16ClF2N3O3/c22-12-4-9-16(24)17(10-12)25-19(28)11-30-21(29)20-15-2-1-3-18(15)27(26-20)14-7-5-13(23)6-8-14/h4-10H,1-3,11H2,(H,25,28). The predicted octanol–water partition coefficient (Wildman–Crippen LogP) is 4.09. The number of ether oxygens (including phenoxy) is 1. The number of hydrogen-bond donors (Lipinski definition) is 1. The maximum atomic E-state index is 13.7. The van der Waals surface area contributed by atoms with Crippen LogP contribution in [0.15, 0.2) is 42.5 Å². The fraction of sp³-hybridized carbons (Fsp3) is 0.190. The van der Waals surface area contributed by atoms with Crippen LogP contribution in [-0.4, -0.2) is 28.3 Å². The summed E-state index contributed by atoms with van der Waals surface area (Å²) in [4.78, 5) is 24.6. The zero-order valence-corrected chi connectivity index (χ0v) is 16.4. The molecule has 1 aromatic heterocycles. The van der Waals surface area contributed by atoms with Gasteiger partial charge in [0.15, 0.2) is 12.3 Å². The normalized spacial score (nSPS) is 12.5. The summed E-state index contributed by atoms with van der Waals surface area (Å²) in [6, 6.07) is 9.51. The van der Waals surface area contributed by atoms with Crippen molar-refractivity contribution in [1.29, 1.82) is 0 Å². The van der Waals surface area contributed by atoms with Gasteiger partial charge >= 0.3 is 5.97 Å². The van der Waals surface area contributed by atoms with Crippen LogP contribution in [0.4, 0.5) is 14.5 Å². The van der Waals surface area contributed by atoms with Gasteiger partial charge in [-0.05, 0) is 61.7 Å². The Balaban J connectivity index is 1.47. The number of anilines is 1. The highest BCUT2D eigenvalue weighted by Gasteiger charge is 2.28. The van der Waals surface area contributed by atoms with E-state index in [0.29, 0.717) is 12.1 Å². The third kappa shape index (κ3) is 4.04. The van der Waals surface area contributed by atoms with E-state index in [9.17, 15) is 18.4 Å². The minimum absolute atomic E-state index is 0.106. The second-order valence-corrected chi connectivity index (χ2v) is 7.20. The second kappa shape index (κ2) is 8.23. The molecule has 154 valence electrons. The van der Waals surface area contributed by atoms with Crippen LogP contribution in [0.25, 0.3) is 5.69 Å². The van der Waals surface area contributed by atoms with Crippen molar-refractivity contribution in [2.75, 3.05) is 11.9 Å². The first-order chi connectivity index (χ1) is 14.4. The average Bonchev–Trinajstić information content (AvgIpc) is 3.32. The van der Waals surface area contributed by atoms with Crippen LogP contribution in [-0.2, 0) is 22.4 Å². The van der Waals surface area contributed by atoms with Crippen molar-refractivity contribution >= 4 is 29.2 Å². The van der Waals surface area contributed by atoms with Crippen molar-refractivity contribution in [2.45, 2.75) is 19.3 Å². The maximum absolute atomic E-state index is 13.7. The molecule has 1 aliphatic rings. The van der Waals surface area contributed by atoms with Gasteiger partial charge in [0.1, 0.15) is 11.6 Å². The monoisotopic (exact) mass is 431 g/mol. The van der Waals surface area contributed by atoms with E-state index in [1.165, 1.54) is 24.3 Å². The lowest BCUT2D eigenvalue weighted by Gasteiger charge is -2.07. The van der Waals surface area contributed by atoms with Crippen molar-refractivity contribution < 1.29 is 23.1 Å². The van der Waals surface area contributed by atoms with Crippen molar-refractivity contribution in [3.8, 4) is 5.69 Å². The molecule has 0 saturated heterocycles. The number of carbonyl (C=O) groups is 2. The lowest BCUT2D eigenvalue weighted by molar-refractivity contribution is -0.119. The molecule has 0 radical (unpaired) electrons. The number of halogens is 3. The molecule has 1 amide bonds. The van der Waals surface area contributed by atoms with Crippen LogP contribution in [0.3, 0.4) is 0 Å². The van der Waals surface area contributed by atoms with Crippen LogP contribution in [0, 0.1) is 11.6 Å². The zero-order valence-electron chi connectivity index (χ0n) is 15.6. The van der Waals surface area contributed by atoms with Crippen molar-refractivity contribution in [1.82, 2.24) is 9.78 Å². The molecule has 0 bridgehead atoms. The number of nitrogens with one attached hydrogen (secondary N) is 1. The van der Waals surface area contributed by atoms with Crippen molar-refractivity contribution in [2.24, 2.45) is 0 Å². The number of amides is 1. The average molecular weight is 432 g/mol. The summed E-state index contributed by atoms with van der Waals surface area (Å²) in [6.45, 7) is -0.608. The van der Waals surface area contributed by atoms with Gasteiger partial charge in [0.05, 0.1) is 11.4 Å². The van der Waals surface area contributed by atoms with E-state index >= 15 is 0 Å². The molecule has 1 aliphatic carbocycles. The summed E-state index contributed by atoms with van der Waals surface area (Å²) in [5, 5.41) is 6.89. The summed E-state index contributed by atoms with van der Waals surface area (Å²) in [5.41, 5.74) is 2.26. The quantitative estimate of drug-likeness (QED) is 0.617. The summed E-state index contributed by atoms with van der Waals surface area (Å²) in [7, 11) is 0. The van der Waals surface area contributed by atoms with Gasteiger partial charge in [-0.1, -0.05) is 11.6 Å². The molecule has 0 fully saturated rings. The van der Waals surface area contributed by atoms with E-state index in [-0.39, 0.29) is 22.2 Å². The minimum atomic E-state index is -0.754. The largest absolute Gasteiger partial charge is 0.451 e. The van der Waals surface area contributed by atoms with E-state index in [1.54, 1.807) is 16.8 Å². The van der Waals surface area contributed by atoms with Gasteiger partial charge in [0.2, 0.25) is 0 Å². The highest BCUT2D eigenvalue weighted by molar-refractivity contribution is 6.30. The molecule has 9 heteroatoms. The topological polar surface area (TPSA) is 73.2 Å². The molecule has 0 aliphatic heterocycles. The highest BCUT2D eigenvalue weighted by Crippen LogP contribution is 2.28. The Morgan fingerprint density at radius 3 is 2.67 bits per heavy atom. The molecule has 0 spiro atoms. The van der Waals surface area contributed by atoms with E-state index in [4.69, 9.17) is 16.3 Å². The molecule has 0 saturated carbocycles. The molecule has 30 heavy (non-hydrogen) atoms. The van der Waals surface area contributed by atoms with Crippen LogP contribution >= 0.6 is 11.6 Å². The smallest absolute Gasteiger partial charge is 0.359 e. The van der Waals surface area contributed by atoms with Crippen molar-refractivity contribution in [3.63, 3.8) is 0 Å². The Hall–Kier alpha value is -3.26. The number of rotatable bonds is 5. The van der Waals surface area contributed by atoms with Crippen molar-refractivity contribution in [3.05, 3.63) is 76.1 Å². The molecule has 2 aromatic carbocycles. The third-order valence-corrected chi connectivity index (χ3v) is 4.97. The first kappa shape index (κ1) is 20.0. The fourth-order valence-electron chi connectivity index (χ4n) is 3.38. The van der Waals surface area contributed by atoms with Gasteiger partial charge in [0, 0.05) is 16.3 Å². The number of aromatic nitrogens is 2. The summed E-state index contributed by atoms with van der Waals surface area (Å²) in [6.07, 6.45) is 2.23. The molecular formula is C21H16ClF2N3O3. The Morgan fingerprint density at radius 1 is 1.13 bits per heavy atom. The highest BCUT2D eigenvalue weighted by atomic mass is 35.5. The predicted molar refractivity (Wildman–Crippen MR) is 106 cm³/mol. The first-order valence-electron chi connectivity index (χ1n) is 9.21. The van der Waals surface area contributed by atoms with Gasteiger partial charge in [-0.15, -0.1) is 0 Å². The Morgan fingerprint density at radius 2 is 1.90 bits per heavy atom. The van der Waals surface area contributed by atoms with Gasteiger partial charge in [-0.3, -0.25) is 4.79 Å². The number of fused-ring (bicyclic) bond motifs is 1. The number of hydrogen-bond acceptors (Lipinski definition) is 4. The van der Waals surface area contributed by atoms with Crippen LogP contribution in [0.5, 0.6) is 0 Å². The summed E-state index contributed by atoms with van der Waals surface area (Å²) < 4.78 is 33.6. The number of nitrogens with zero attached hydrogens (tertiary/aromatic N) is 2. The summed E-state index contributed by atoms with van der Waals surface area (Å²) in [5.74, 6) is -2.49. The molecule has 1 heterocycles. The van der Waals surface area contributed by atoms with E-state index in [0.717, 1.165) is 30.2 Å². The second-order valence-electron chi connectivity index (χ2n) is 6.76. The van der Waals surface area contributed by atoms with Crippen LogP contribution in [0.1, 0.15) is 28.2 Å². The fourth-order valence-corrected chi connectivity index (χ4v) is 3.55. The molecule has 0 atom stereocenters. The molecule has 6 nitrogen and oxygen atoms in total. The van der Waals surface area contributed by atoms with E-state index in [1.807, 2.05) is 0 Å². The lowest BCUT2D eigenvalue weighted by Crippen LogP contribution is -2.22. The molecule has 3 aromatic rings. The number of esters is 1. The molecule has 1 N–H and O–H groups in total. The van der Waals surface area contributed by atoms with Gasteiger partial charge in [-0.2, -0.15) is 5.10 Å². The van der Waals surface area contributed by atoms with E-state index in [2.05, 4.69) is 10.4 Å². The SMILES string of the molecule is O=C(COC(=O)c1nn(-c2ccc(F)cc2)c2c1CCC2)Nc1cc(Cl)ccc1F. The van der Waals surface area contributed by atoms with Crippen LogP contribution < -0.4 is 5.32 Å². The minimum Gasteiger partial charge on any atom is -0.451 e. The van der Waals surface area contributed by atoms with Crippen LogP contribution in [0.2, 0.25) is 5.02 Å². The maximum Gasteiger partial charge on any atom is 0.359 e. The Labute approximate surface area is 175 Å². The Kier molecular flexibility index (Phi) is 5.50. The lowest BCUT2D eigenvalue weighted by atomic mass is 10.2. The van der Waals surface area contributed by atoms with Gasteiger partial charge < -0.3 is 10.1 Å². The van der Waals surface area contributed by atoms with Gasteiger partial charge in [-0.25, -0.2) is 18.3 Å². The molecule has 0 unspecified atom stereocenters. The third-order valence-electron chi connectivity index (χ3n) is 4.73. The zero-order chi connectivity index (χ0) is 21.3. The van der Waals surface area contributed by atoms with E-state index < -0.39 is 24.3 Å². The first-order valence-corrected chi connectivity index (χ1v) is 9.59. The Bertz CT molecular complexity index is 1130. The molecular weight excluding hydrogens is 416 g/mol. The summed E-state index contributed by atoms with van der Waals surface area (Å²) >= 11 is 5.79. The number of carbonyl (C=O) groups excluding carboxylic acids is 2. The number of benzene rings is 2. The molecule has 4 rings (SSSR count).